The van der Waals surface area contributed by atoms with Crippen molar-refractivity contribution < 1.29 is 28.2 Å². The summed E-state index contributed by atoms with van der Waals surface area (Å²) in [6.07, 6.45) is -0.469. The lowest BCUT2D eigenvalue weighted by molar-refractivity contribution is -0.157. The van der Waals surface area contributed by atoms with E-state index in [1.165, 1.54) is 42.5 Å². The van der Waals surface area contributed by atoms with E-state index in [2.05, 4.69) is 0 Å². The predicted octanol–water partition coefficient (Wildman–Crippen LogP) is 6.29. The van der Waals surface area contributed by atoms with Gasteiger partial charge in [0.2, 0.25) is 5.67 Å². The van der Waals surface area contributed by atoms with E-state index >= 15 is 4.39 Å². The van der Waals surface area contributed by atoms with Crippen LogP contribution in [0.4, 0.5) is 8.78 Å². The van der Waals surface area contributed by atoms with Gasteiger partial charge in [-0.3, -0.25) is 0 Å². The molecular formula is C26H23ClF2O4. The number of carbonyl (C=O) groups is 1. The molecule has 0 aromatic heterocycles. The van der Waals surface area contributed by atoms with Gasteiger partial charge in [0.25, 0.3) is 0 Å². The smallest absolute Gasteiger partial charge is 0.352 e. The van der Waals surface area contributed by atoms with E-state index in [1.807, 2.05) is 0 Å². The van der Waals surface area contributed by atoms with Gasteiger partial charge < -0.3 is 14.6 Å². The van der Waals surface area contributed by atoms with E-state index in [0.29, 0.717) is 16.3 Å². The lowest BCUT2D eigenvalue weighted by Gasteiger charge is -2.28. The third-order valence-electron chi connectivity index (χ3n) is 5.57. The molecule has 0 spiro atoms. The maximum Gasteiger partial charge on any atom is 0.352 e. The number of aliphatic hydroxyl groups excluding tert-OH is 1. The van der Waals surface area contributed by atoms with Crippen molar-refractivity contribution in [2.45, 2.75) is 37.5 Å². The first-order valence-electron chi connectivity index (χ1n) is 10.7. The van der Waals surface area contributed by atoms with Crippen molar-refractivity contribution >= 4 is 17.6 Å². The van der Waals surface area contributed by atoms with Crippen molar-refractivity contribution in [2.24, 2.45) is 5.92 Å². The SMILES string of the molecule is O=C(Oc1ccc(Cl)cc1)C(F)(CC1CC1)C(O)Cc1ccc(F)c(Oc2ccccc2)c1. The monoisotopic (exact) mass is 472 g/mol. The minimum atomic E-state index is -2.62. The Morgan fingerprint density at radius 3 is 2.42 bits per heavy atom. The van der Waals surface area contributed by atoms with Gasteiger partial charge in [0.15, 0.2) is 11.6 Å². The summed E-state index contributed by atoms with van der Waals surface area (Å²) in [5.41, 5.74) is -2.19. The van der Waals surface area contributed by atoms with Crippen molar-refractivity contribution in [1.82, 2.24) is 0 Å². The first-order valence-corrected chi connectivity index (χ1v) is 11.1. The molecular weight excluding hydrogens is 450 g/mol. The fourth-order valence-electron chi connectivity index (χ4n) is 3.55. The minimum Gasteiger partial charge on any atom is -0.454 e. The van der Waals surface area contributed by atoms with Crippen LogP contribution in [0.1, 0.15) is 24.8 Å². The third kappa shape index (κ3) is 5.89. The van der Waals surface area contributed by atoms with E-state index in [-0.39, 0.29) is 30.3 Å². The van der Waals surface area contributed by atoms with Crippen LogP contribution in [0.15, 0.2) is 72.8 Å². The van der Waals surface area contributed by atoms with Gasteiger partial charge in [0.05, 0.1) is 0 Å². The Balaban J connectivity index is 1.52. The van der Waals surface area contributed by atoms with Gasteiger partial charge in [-0.25, -0.2) is 13.6 Å². The van der Waals surface area contributed by atoms with E-state index in [4.69, 9.17) is 21.1 Å². The van der Waals surface area contributed by atoms with Crippen LogP contribution in [0.5, 0.6) is 17.2 Å². The highest BCUT2D eigenvalue weighted by Crippen LogP contribution is 2.41. The number of benzene rings is 3. The average molecular weight is 473 g/mol. The topological polar surface area (TPSA) is 55.8 Å². The fourth-order valence-corrected chi connectivity index (χ4v) is 3.67. The average Bonchev–Trinajstić information content (AvgIpc) is 3.62. The highest BCUT2D eigenvalue weighted by Gasteiger charge is 2.50. The summed E-state index contributed by atoms with van der Waals surface area (Å²) < 4.78 is 41.1. The molecule has 1 saturated carbocycles. The maximum absolute atomic E-state index is 16.0. The van der Waals surface area contributed by atoms with Crippen molar-refractivity contribution in [3.8, 4) is 17.2 Å². The lowest BCUT2D eigenvalue weighted by atomic mass is 9.88. The largest absolute Gasteiger partial charge is 0.454 e. The normalized spacial score (nSPS) is 16.0. The number of esters is 1. The molecule has 1 aliphatic rings. The van der Waals surface area contributed by atoms with Gasteiger partial charge in [0.1, 0.15) is 17.6 Å². The molecule has 0 bridgehead atoms. The van der Waals surface area contributed by atoms with Gasteiger partial charge in [-0.15, -0.1) is 0 Å². The van der Waals surface area contributed by atoms with Crippen molar-refractivity contribution in [1.29, 1.82) is 0 Å². The first-order chi connectivity index (χ1) is 15.8. The quantitative estimate of drug-likeness (QED) is 0.294. The first kappa shape index (κ1) is 23.2. The molecule has 2 unspecified atom stereocenters. The van der Waals surface area contributed by atoms with Crippen LogP contribution in [0.25, 0.3) is 0 Å². The molecule has 4 rings (SSSR count). The standard InChI is InChI=1S/C26H23ClF2O4/c27-19-9-11-21(12-10-19)33-25(31)26(29,16-17-6-7-17)24(30)15-18-8-13-22(28)23(14-18)32-20-4-2-1-3-5-20/h1-5,8-14,17,24,30H,6-7,15-16H2. The van der Waals surface area contributed by atoms with E-state index in [9.17, 15) is 14.3 Å². The number of carbonyl (C=O) groups excluding carboxylic acids is 1. The Bertz CT molecular complexity index is 1100. The molecule has 172 valence electrons. The van der Waals surface area contributed by atoms with Crippen molar-refractivity contribution in [3.05, 3.63) is 89.2 Å². The highest BCUT2D eigenvalue weighted by atomic mass is 35.5. The molecule has 0 radical (unpaired) electrons. The van der Waals surface area contributed by atoms with Gasteiger partial charge in [0, 0.05) is 11.4 Å². The van der Waals surface area contributed by atoms with Crippen LogP contribution in [0.2, 0.25) is 5.02 Å². The zero-order valence-corrected chi connectivity index (χ0v) is 18.5. The summed E-state index contributed by atoms with van der Waals surface area (Å²) in [4.78, 5) is 12.8. The molecule has 0 amide bonds. The molecule has 1 aliphatic carbocycles. The fraction of sp³-hybridized carbons (Fsp3) is 0.269. The summed E-state index contributed by atoms with van der Waals surface area (Å²) in [6, 6.07) is 18.6. The Morgan fingerprint density at radius 2 is 1.76 bits per heavy atom. The van der Waals surface area contributed by atoms with Gasteiger partial charge in [-0.05, 0) is 66.4 Å². The Hall–Kier alpha value is -2.96. The molecule has 33 heavy (non-hydrogen) atoms. The van der Waals surface area contributed by atoms with Crippen LogP contribution in [-0.2, 0) is 11.2 Å². The van der Waals surface area contributed by atoms with Gasteiger partial charge >= 0.3 is 5.97 Å². The summed E-state index contributed by atoms with van der Waals surface area (Å²) in [5, 5.41) is 11.3. The molecule has 3 aromatic carbocycles. The summed E-state index contributed by atoms with van der Waals surface area (Å²) >= 11 is 5.84. The second-order valence-corrected chi connectivity index (χ2v) is 8.69. The molecule has 1 fully saturated rings. The van der Waals surface area contributed by atoms with Gasteiger partial charge in [-0.1, -0.05) is 48.7 Å². The zero-order chi connectivity index (χ0) is 23.4. The van der Waals surface area contributed by atoms with Crippen LogP contribution in [0, 0.1) is 11.7 Å². The van der Waals surface area contributed by atoms with E-state index < -0.39 is 23.6 Å². The minimum absolute atomic E-state index is 0.00705. The molecule has 0 aliphatic heterocycles. The van der Waals surface area contributed by atoms with Crippen molar-refractivity contribution in [3.63, 3.8) is 0 Å². The van der Waals surface area contributed by atoms with Gasteiger partial charge in [-0.2, -0.15) is 0 Å². The summed E-state index contributed by atoms with van der Waals surface area (Å²) in [5.74, 6) is -1.23. The molecule has 4 nitrogen and oxygen atoms in total. The van der Waals surface area contributed by atoms with Crippen LogP contribution >= 0.6 is 11.6 Å². The number of ether oxygens (including phenoxy) is 2. The van der Waals surface area contributed by atoms with Crippen LogP contribution in [-0.4, -0.2) is 22.8 Å². The molecule has 2 atom stereocenters. The van der Waals surface area contributed by atoms with E-state index in [0.717, 1.165) is 12.8 Å². The Kier molecular flexibility index (Phi) is 6.96. The molecule has 0 saturated heterocycles. The molecule has 3 aromatic rings. The predicted molar refractivity (Wildman–Crippen MR) is 121 cm³/mol. The van der Waals surface area contributed by atoms with Crippen LogP contribution < -0.4 is 9.47 Å². The van der Waals surface area contributed by atoms with Crippen LogP contribution in [0.3, 0.4) is 0 Å². The second kappa shape index (κ2) is 9.89. The molecule has 0 heterocycles. The number of hydrogen-bond acceptors (Lipinski definition) is 4. The number of aliphatic hydroxyl groups is 1. The third-order valence-corrected chi connectivity index (χ3v) is 5.82. The number of rotatable bonds is 9. The van der Waals surface area contributed by atoms with Crippen molar-refractivity contribution in [2.75, 3.05) is 0 Å². The maximum atomic E-state index is 16.0. The molecule has 7 heteroatoms. The number of alkyl halides is 1. The Morgan fingerprint density at radius 1 is 1.06 bits per heavy atom. The number of hydrogen-bond donors (Lipinski definition) is 1. The number of para-hydroxylation sites is 1. The van der Waals surface area contributed by atoms with E-state index in [1.54, 1.807) is 30.3 Å². The lowest BCUT2D eigenvalue weighted by Crippen LogP contribution is -2.49. The zero-order valence-electron chi connectivity index (χ0n) is 17.7. The highest BCUT2D eigenvalue weighted by molar-refractivity contribution is 6.30. The summed E-state index contributed by atoms with van der Waals surface area (Å²) in [7, 11) is 0. The number of halogens is 3. The molecule has 1 N–H and O–H groups in total. The summed E-state index contributed by atoms with van der Waals surface area (Å²) in [6.45, 7) is 0. The Labute approximate surface area is 195 Å². The second-order valence-electron chi connectivity index (χ2n) is 8.25.